The van der Waals surface area contributed by atoms with Crippen molar-refractivity contribution in [1.82, 2.24) is 4.57 Å². The van der Waals surface area contributed by atoms with Gasteiger partial charge < -0.3 is 18.9 Å². The van der Waals surface area contributed by atoms with Crippen molar-refractivity contribution in [2.45, 2.75) is 33.4 Å². The molecule has 2 heterocycles. The average molecular weight is 732 g/mol. The Balaban J connectivity index is 1.64. The first-order valence-electron chi connectivity index (χ1n) is 14.0. The van der Waals surface area contributed by atoms with Crippen molar-refractivity contribution in [2.24, 2.45) is 4.99 Å². The Labute approximate surface area is 282 Å². The Morgan fingerprint density at radius 3 is 2.53 bits per heavy atom. The highest BCUT2D eigenvalue weighted by Gasteiger charge is 2.35. The highest BCUT2D eigenvalue weighted by molar-refractivity contribution is 9.10. The molecule has 5 rings (SSSR count). The van der Waals surface area contributed by atoms with Gasteiger partial charge in [0, 0.05) is 25.6 Å². The third-order valence-electron chi connectivity index (χ3n) is 7.00. The Morgan fingerprint density at radius 2 is 1.82 bits per heavy atom. The van der Waals surface area contributed by atoms with Crippen molar-refractivity contribution in [1.29, 1.82) is 0 Å². The predicted molar refractivity (Wildman–Crippen MR) is 179 cm³/mol. The summed E-state index contributed by atoms with van der Waals surface area (Å²) in [5, 5.41) is 1.04. The van der Waals surface area contributed by atoms with Gasteiger partial charge in [-0.15, -0.1) is 0 Å². The normalized spacial score (nSPS) is 14.6. The number of hydrogen-bond acceptors (Lipinski definition) is 8. The molecule has 1 aliphatic rings. The van der Waals surface area contributed by atoms with Crippen molar-refractivity contribution in [3.8, 4) is 17.2 Å². The van der Waals surface area contributed by atoms with Gasteiger partial charge >= 0.3 is 5.97 Å². The number of ether oxygens (including phenoxy) is 4. The van der Waals surface area contributed by atoms with Crippen LogP contribution in [0.3, 0.4) is 0 Å². The van der Waals surface area contributed by atoms with E-state index in [2.05, 4.69) is 20.9 Å². The Bertz CT molecular complexity index is 1990. The first kappa shape index (κ1) is 32.8. The molecule has 0 fully saturated rings. The molecule has 8 nitrogen and oxygen atoms in total. The number of esters is 1. The van der Waals surface area contributed by atoms with Gasteiger partial charge in [-0.05, 0) is 62.7 Å². The van der Waals surface area contributed by atoms with E-state index in [0.717, 1.165) is 5.56 Å². The SMILES string of the molecule is CCOC(=O)C1=C(C)N=c2s/c(=C/c3ccccc3OCc3ccc(Cl)cc3Cl)c(=O)n2[C@H]1c1cc(OC)c(OCC)cc1Br. The number of benzene rings is 3. The summed E-state index contributed by atoms with van der Waals surface area (Å²) in [5.74, 6) is 0.991. The highest BCUT2D eigenvalue weighted by Crippen LogP contribution is 2.41. The molecular weight excluding hydrogens is 703 g/mol. The summed E-state index contributed by atoms with van der Waals surface area (Å²) in [6, 6.07) is 15.3. The molecule has 0 saturated heterocycles. The third-order valence-corrected chi connectivity index (χ3v) is 9.25. The molecule has 4 aromatic rings. The largest absolute Gasteiger partial charge is 0.493 e. The topological polar surface area (TPSA) is 88.4 Å². The van der Waals surface area contributed by atoms with Gasteiger partial charge in [-0.1, -0.05) is 74.7 Å². The number of halogens is 3. The maximum absolute atomic E-state index is 14.2. The van der Waals surface area contributed by atoms with Gasteiger partial charge in [0.25, 0.3) is 5.56 Å². The van der Waals surface area contributed by atoms with Crippen LogP contribution >= 0.6 is 50.5 Å². The number of allylic oxidation sites excluding steroid dienone is 1. The molecule has 0 amide bonds. The molecular formula is C33H29BrCl2N2O6S. The molecule has 45 heavy (non-hydrogen) atoms. The zero-order valence-corrected chi connectivity index (χ0v) is 28.8. The van der Waals surface area contributed by atoms with Gasteiger partial charge in [-0.2, -0.15) is 0 Å². The quantitative estimate of drug-likeness (QED) is 0.166. The standard InChI is InChI=1S/C33H29BrCl2N2O6S/c1-5-42-27-16-23(34)22(15-26(27)41-4)30-29(32(40)43-6-2)18(3)37-33-38(30)31(39)28(45-33)13-19-9-7-8-10-25(19)44-17-20-11-12-21(35)14-24(20)36/h7-16,30H,5-6,17H2,1-4H3/b28-13+/t30-/m0/s1. The van der Waals surface area contributed by atoms with Crippen LogP contribution in [0.2, 0.25) is 10.0 Å². The fourth-order valence-corrected chi connectivity index (χ4v) is 6.98. The van der Waals surface area contributed by atoms with Gasteiger partial charge in [-0.3, -0.25) is 9.36 Å². The smallest absolute Gasteiger partial charge is 0.338 e. The maximum Gasteiger partial charge on any atom is 0.338 e. The molecule has 1 atom stereocenters. The molecule has 0 bridgehead atoms. The molecule has 0 aliphatic carbocycles. The molecule has 1 aromatic heterocycles. The van der Waals surface area contributed by atoms with Crippen LogP contribution < -0.4 is 29.1 Å². The van der Waals surface area contributed by atoms with E-state index in [1.54, 1.807) is 44.2 Å². The number of thiazole rings is 1. The minimum Gasteiger partial charge on any atom is -0.493 e. The first-order valence-corrected chi connectivity index (χ1v) is 16.4. The van der Waals surface area contributed by atoms with E-state index in [-0.39, 0.29) is 24.3 Å². The van der Waals surface area contributed by atoms with Crippen molar-refractivity contribution in [3.05, 3.63) is 117 Å². The molecule has 3 aromatic carbocycles. The van der Waals surface area contributed by atoms with E-state index < -0.39 is 12.0 Å². The second-order valence-electron chi connectivity index (χ2n) is 9.82. The number of carbonyl (C=O) groups excluding carboxylic acids is 1. The molecule has 0 radical (unpaired) electrons. The van der Waals surface area contributed by atoms with E-state index in [4.69, 9.17) is 42.1 Å². The third kappa shape index (κ3) is 6.84. The van der Waals surface area contributed by atoms with Gasteiger partial charge in [0.2, 0.25) is 0 Å². The number of aromatic nitrogens is 1. The molecule has 234 valence electrons. The van der Waals surface area contributed by atoms with E-state index in [1.807, 2.05) is 37.3 Å². The van der Waals surface area contributed by atoms with Crippen LogP contribution in [0.1, 0.15) is 43.5 Å². The minimum absolute atomic E-state index is 0.165. The zero-order chi connectivity index (χ0) is 32.2. The minimum atomic E-state index is -0.847. The lowest BCUT2D eigenvalue weighted by Crippen LogP contribution is -2.40. The molecule has 12 heteroatoms. The Hall–Kier alpha value is -3.57. The second-order valence-corrected chi connectivity index (χ2v) is 12.5. The fraction of sp³-hybridized carbons (Fsp3) is 0.242. The van der Waals surface area contributed by atoms with Crippen molar-refractivity contribution in [3.63, 3.8) is 0 Å². The molecule has 0 N–H and O–H groups in total. The average Bonchev–Trinajstić information content (AvgIpc) is 3.31. The lowest BCUT2D eigenvalue weighted by Gasteiger charge is -2.26. The van der Waals surface area contributed by atoms with Crippen LogP contribution in [0.4, 0.5) is 0 Å². The van der Waals surface area contributed by atoms with E-state index in [9.17, 15) is 9.59 Å². The van der Waals surface area contributed by atoms with Crippen molar-refractivity contribution >= 4 is 62.5 Å². The van der Waals surface area contributed by atoms with Crippen molar-refractivity contribution in [2.75, 3.05) is 20.3 Å². The molecule has 0 unspecified atom stereocenters. The molecule has 0 saturated carbocycles. The summed E-state index contributed by atoms with van der Waals surface area (Å²) in [4.78, 5) is 32.7. The van der Waals surface area contributed by atoms with Crippen LogP contribution in [-0.2, 0) is 16.1 Å². The van der Waals surface area contributed by atoms with Gasteiger partial charge in [0.05, 0.1) is 42.2 Å². The number of fused-ring (bicyclic) bond motifs is 1. The van der Waals surface area contributed by atoms with Crippen LogP contribution in [0, 0.1) is 0 Å². The number of methoxy groups -OCH3 is 1. The summed E-state index contributed by atoms with van der Waals surface area (Å²) in [6.07, 6.45) is 1.76. The van der Waals surface area contributed by atoms with Crippen molar-refractivity contribution < 1.29 is 23.7 Å². The summed E-state index contributed by atoms with van der Waals surface area (Å²) < 4.78 is 25.5. The van der Waals surface area contributed by atoms with Crippen LogP contribution in [0.5, 0.6) is 17.2 Å². The van der Waals surface area contributed by atoms with E-state index in [0.29, 0.717) is 64.5 Å². The van der Waals surface area contributed by atoms with E-state index >= 15 is 0 Å². The number of rotatable bonds is 10. The van der Waals surface area contributed by atoms with Gasteiger partial charge in [0.15, 0.2) is 16.3 Å². The maximum atomic E-state index is 14.2. The molecule has 1 aliphatic heterocycles. The first-order chi connectivity index (χ1) is 21.7. The second kappa shape index (κ2) is 14.2. The summed E-state index contributed by atoms with van der Waals surface area (Å²) in [5.41, 5.74) is 2.46. The number of nitrogens with zero attached hydrogens (tertiary/aromatic N) is 2. The number of carbonyl (C=O) groups is 1. The fourth-order valence-electron chi connectivity index (χ4n) is 4.94. The van der Waals surface area contributed by atoms with Crippen LogP contribution in [0.15, 0.2) is 80.1 Å². The lowest BCUT2D eigenvalue weighted by molar-refractivity contribution is -0.139. The van der Waals surface area contributed by atoms with Crippen LogP contribution in [-0.4, -0.2) is 30.9 Å². The monoisotopic (exact) mass is 730 g/mol. The van der Waals surface area contributed by atoms with Gasteiger partial charge in [0.1, 0.15) is 12.4 Å². The lowest BCUT2D eigenvalue weighted by atomic mass is 9.95. The number of para-hydroxylation sites is 1. The Morgan fingerprint density at radius 1 is 1.04 bits per heavy atom. The summed E-state index contributed by atoms with van der Waals surface area (Å²) in [6.45, 7) is 6.15. The predicted octanol–water partition coefficient (Wildman–Crippen LogP) is 6.85. The highest BCUT2D eigenvalue weighted by atomic mass is 79.9. The van der Waals surface area contributed by atoms with Crippen LogP contribution in [0.25, 0.3) is 6.08 Å². The van der Waals surface area contributed by atoms with E-state index in [1.165, 1.54) is 23.0 Å². The zero-order valence-electron chi connectivity index (χ0n) is 24.9. The van der Waals surface area contributed by atoms with Gasteiger partial charge in [-0.25, -0.2) is 9.79 Å². The molecule has 0 spiro atoms. The number of hydrogen-bond donors (Lipinski definition) is 0. The summed E-state index contributed by atoms with van der Waals surface area (Å²) in [7, 11) is 1.54. The summed E-state index contributed by atoms with van der Waals surface area (Å²) >= 11 is 17.3. The Kier molecular flexibility index (Phi) is 10.4.